The molecule has 0 N–H and O–H groups in total. The fraction of sp³-hybridized carbons (Fsp3) is 0.429. The zero-order valence-corrected chi connectivity index (χ0v) is 10.3. The first kappa shape index (κ1) is 9.22. The maximum Gasteiger partial charge on any atom is 0.266 e. The number of anilines is 1. The lowest BCUT2D eigenvalue weighted by Crippen LogP contribution is -2.16. The number of hydrogen-bond donors (Lipinski definition) is 0. The first-order chi connectivity index (χ1) is 7.22. The second-order valence-electron chi connectivity index (χ2n) is 3.27. The van der Waals surface area contributed by atoms with Crippen LogP contribution < -0.4 is 4.90 Å². The van der Waals surface area contributed by atoms with Gasteiger partial charge in [0.1, 0.15) is 0 Å². The quantitative estimate of drug-likeness (QED) is 0.781. The molecule has 1 aliphatic heterocycles. The number of aromatic nitrogens is 5. The number of rotatable bonds is 1. The van der Waals surface area contributed by atoms with Crippen molar-refractivity contribution in [3.05, 3.63) is 14.5 Å². The summed E-state index contributed by atoms with van der Waals surface area (Å²) in [6.45, 7) is 1.59. The Bertz CT molecular complexity index is 482. The minimum Gasteiger partial charge on any atom is -0.327 e. The molecule has 0 aliphatic carbocycles. The molecule has 0 spiro atoms. The van der Waals surface area contributed by atoms with Crippen LogP contribution in [-0.2, 0) is 20.1 Å². The summed E-state index contributed by atoms with van der Waals surface area (Å²) in [6.07, 6.45) is 0. The zero-order valence-electron chi connectivity index (χ0n) is 7.88. The number of nitrogens with zero attached hydrogens (tertiary/aromatic N) is 6. The third kappa shape index (κ3) is 1.53. The molecule has 0 radical (unpaired) electrons. The van der Waals surface area contributed by atoms with Crippen molar-refractivity contribution >= 4 is 33.2 Å². The SMILES string of the molecule is Cn1nnc(N2Cc3nc(Br)sc3C2)n1. The lowest BCUT2D eigenvalue weighted by molar-refractivity contribution is 0.629. The number of halogens is 1. The van der Waals surface area contributed by atoms with Gasteiger partial charge < -0.3 is 4.90 Å². The Morgan fingerprint density at radius 1 is 1.40 bits per heavy atom. The third-order valence-corrected chi connectivity index (χ3v) is 3.74. The van der Waals surface area contributed by atoms with E-state index in [1.165, 1.54) is 9.67 Å². The third-order valence-electron chi connectivity index (χ3n) is 2.21. The highest BCUT2D eigenvalue weighted by Gasteiger charge is 2.25. The van der Waals surface area contributed by atoms with Gasteiger partial charge >= 0.3 is 0 Å². The molecule has 0 bridgehead atoms. The summed E-state index contributed by atoms with van der Waals surface area (Å²) >= 11 is 5.04. The zero-order chi connectivity index (χ0) is 10.4. The molecule has 1 aliphatic rings. The topological polar surface area (TPSA) is 59.7 Å². The summed E-state index contributed by atoms with van der Waals surface area (Å²) in [4.78, 5) is 9.18. The molecule has 3 heterocycles. The van der Waals surface area contributed by atoms with Crippen molar-refractivity contribution in [1.29, 1.82) is 0 Å². The van der Waals surface area contributed by atoms with Gasteiger partial charge in [-0.15, -0.1) is 16.4 Å². The Morgan fingerprint density at radius 2 is 2.27 bits per heavy atom. The van der Waals surface area contributed by atoms with E-state index in [-0.39, 0.29) is 0 Å². The van der Waals surface area contributed by atoms with Crippen LogP contribution in [0.25, 0.3) is 0 Å². The molecule has 0 atom stereocenters. The van der Waals surface area contributed by atoms with E-state index >= 15 is 0 Å². The van der Waals surface area contributed by atoms with Gasteiger partial charge in [0.15, 0.2) is 3.92 Å². The van der Waals surface area contributed by atoms with Crippen LogP contribution in [0.1, 0.15) is 10.6 Å². The van der Waals surface area contributed by atoms with Gasteiger partial charge in [-0.05, 0) is 21.1 Å². The molecule has 0 unspecified atom stereocenters. The van der Waals surface area contributed by atoms with Crippen molar-refractivity contribution in [1.82, 2.24) is 25.2 Å². The molecule has 0 saturated carbocycles. The second-order valence-corrected chi connectivity index (χ2v) is 5.63. The van der Waals surface area contributed by atoms with Crippen LogP contribution in [0.4, 0.5) is 5.95 Å². The van der Waals surface area contributed by atoms with Crippen molar-refractivity contribution in [3.8, 4) is 0 Å². The van der Waals surface area contributed by atoms with Gasteiger partial charge in [0.25, 0.3) is 5.95 Å². The van der Waals surface area contributed by atoms with E-state index in [1.54, 1.807) is 18.4 Å². The number of tetrazole rings is 1. The van der Waals surface area contributed by atoms with Gasteiger partial charge in [-0.3, -0.25) is 0 Å². The lowest BCUT2D eigenvalue weighted by atomic mass is 10.4. The lowest BCUT2D eigenvalue weighted by Gasteiger charge is -2.10. The highest BCUT2D eigenvalue weighted by atomic mass is 79.9. The highest BCUT2D eigenvalue weighted by Crippen LogP contribution is 2.32. The van der Waals surface area contributed by atoms with Gasteiger partial charge in [-0.2, -0.15) is 4.80 Å². The molecule has 0 fully saturated rings. The Balaban J connectivity index is 1.87. The molecular formula is C7H7BrN6S. The highest BCUT2D eigenvalue weighted by molar-refractivity contribution is 9.11. The van der Waals surface area contributed by atoms with Crippen LogP contribution in [0.3, 0.4) is 0 Å². The Hall–Kier alpha value is -1.02. The van der Waals surface area contributed by atoms with E-state index in [9.17, 15) is 0 Å². The van der Waals surface area contributed by atoms with Gasteiger partial charge in [0.05, 0.1) is 30.7 Å². The van der Waals surface area contributed by atoms with E-state index in [4.69, 9.17) is 0 Å². The Labute approximate surface area is 98.0 Å². The van der Waals surface area contributed by atoms with Gasteiger partial charge in [0, 0.05) is 0 Å². The van der Waals surface area contributed by atoms with Crippen LogP contribution in [0.15, 0.2) is 3.92 Å². The molecule has 2 aromatic rings. The van der Waals surface area contributed by atoms with E-state index in [0.29, 0.717) is 5.95 Å². The second kappa shape index (κ2) is 3.24. The van der Waals surface area contributed by atoms with Crippen molar-refractivity contribution in [2.75, 3.05) is 4.90 Å². The molecule has 2 aromatic heterocycles. The average molecular weight is 287 g/mol. The smallest absolute Gasteiger partial charge is 0.266 e. The van der Waals surface area contributed by atoms with Gasteiger partial charge in [-0.1, -0.05) is 5.10 Å². The number of fused-ring (bicyclic) bond motifs is 1. The molecule has 0 amide bonds. The predicted molar refractivity (Wildman–Crippen MR) is 58.5 cm³/mol. The fourth-order valence-corrected chi connectivity index (χ4v) is 3.16. The maximum atomic E-state index is 4.38. The van der Waals surface area contributed by atoms with Crippen molar-refractivity contribution in [2.45, 2.75) is 13.1 Å². The van der Waals surface area contributed by atoms with E-state index < -0.39 is 0 Å². The molecule has 78 valence electrons. The van der Waals surface area contributed by atoms with Crippen LogP contribution in [0.5, 0.6) is 0 Å². The Morgan fingerprint density at radius 3 is 2.93 bits per heavy atom. The van der Waals surface area contributed by atoms with Crippen molar-refractivity contribution < 1.29 is 0 Å². The predicted octanol–water partition coefficient (Wildman–Crippen LogP) is 0.949. The van der Waals surface area contributed by atoms with Gasteiger partial charge in [0.2, 0.25) is 0 Å². The van der Waals surface area contributed by atoms with E-state index in [2.05, 4.69) is 41.2 Å². The maximum absolute atomic E-state index is 4.38. The van der Waals surface area contributed by atoms with Crippen molar-refractivity contribution in [2.24, 2.45) is 7.05 Å². The number of hydrogen-bond acceptors (Lipinski definition) is 6. The van der Waals surface area contributed by atoms with E-state index in [0.717, 1.165) is 22.7 Å². The van der Waals surface area contributed by atoms with E-state index in [1.807, 2.05) is 0 Å². The monoisotopic (exact) mass is 286 g/mol. The normalized spacial score (nSPS) is 14.7. The summed E-state index contributed by atoms with van der Waals surface area (Å²) in [7, 11) is 1.76. The molecule has 8 heteroatoms. The summed E-state index contributed by atoms with van der Waals surface area (Å²) in [5, 5.41) is 12.0. The summed E-state index contributed by atoms with van der Waals surface area (Å²) in [5.41, 5.74) is 1.11. The summed E-state index contributed by atoms with van der Waals surface area (Å²) in [6, 6.07) is 0. The molecule has 3 rings (SSSR count). The summed E-state index contributed by atoms with van der Waals surface area (Å²) < 4.78 is 0.944. The minimum absolute atomic E-state index is 0.666. The molecule has 0 saturated heterocycles. The first-order valence-electron chi connectivity index (χ1n) is 4.35. The average Bonchev–Trinajstić information content (AvgIpc) is 2.78. The Kier molecular flexibility index (Phi) is 1.99. The fourth-order valence-electron chi connectivity index (χ4n) is 1.55. The standard InChI is InChI=1S/C7H7BrN6S/c1-13-11-7(10-12-13)14-2-4-5(3-14)15-6(8)9-4/h2-3H2,1H3. The van der Waals surface area contributed by atoms with Crippen LogP contribution >= 0.6 is 27.3 Å². The minimum atomic E-state index is 0.666. The van der Waals surface area contributed by atoms with Crippen LogP contribution in [0, 0.1) is 0 Å². The summed E-state index contributed by atoms with van der Waals surface area (Å²) in [5.74, 6) is 0.666. The van der Waals surface area contributed by atoms with Gasteiger partial charge in [-0.25, -0.2) is 4.98 Å². The molecule has 15 heavy (non-hydrogen) atoms. The molecule has 6 nitrogen and oxygen atoms in total. The van der Waals surface area contributed by atoms with Crippen LogP contribution in [-0.4, -0.2) is 25.2 Å². The molecule has 0 aromatic carbocycles. The van der Waals surface area contributed by atoms with Crippen LogP contribution in [0.2, 0.25) is 0 Å². The van der Waals surface area contributed by atoms with Crippen molar-refractivity contribution in [3.63, 3.8) is 0 Å². The first-order valence-corrected chi connectivity index (χ1v) is 5.96. The number of thiazole rings is 1. The number of aryl methyl sites for hydroxylation is 1. The molecular weight excluding hydrogens is 280 g/mol. The largest absolute Gasteiger partial charge is 0.327 e.